The van der Waals surface area contributed by atoms with Crippen molar-refractivity contribution in [2.24, 2.45) is 5.92 Å². The summed E-state index contributed by atoms with van der Waals surface area (Å²) in [5.41, 5.74) is 4.90. The summed E-state index contributed by atoms with van der Waals surface area (Å²) < 4.78 is 7.69. The van der Waals surface area contributed by atoms with Crippen LogP contribution in [0, 0.1) is 19.8 Å². The average molecular weight is 408 g/mol. The van der Waals surface area contributed by atoms with Gasteiger partial charge in [0.2, 0.25) is 0 Å². The van der Waals surface area contributed by atoms with E-state index in [-0.39, 0.29) is 0 Å². The van der Waals surface area contributed by atoms with Crippen LogP contribution in [0.1, 0.15) is 60.9 Å². The van der Waals surface area contributed by atoms with Gasteiger partial charge in [0.25, 0.3) is 0 Å². The molecule has 0 bridgehead atoms. The maximum Gasteiger partial charge on any atom is 0.137 e. The molecule has 0 amide bonds. The number of hydrogen-bond acceptors (Lipinski definition) is 5. The molecule has 0 radical (unpaired) electrons. The number of aryl methyl sites for hydroxylation is 2. The molecule has 30 heavy (non-hydrogen) atoms. The summed E-state index contributed by atoms with van der Waals surface area (Å²) in [5.74, 6) is 1.60. The zero-order valence-electron chi connectivity index (χ0n) is 18.4. The van der Waals surface area contributed by atoms with Crippen LogP contribution in [0.5, 0.6) is 0 Å². The van der Waals surface area contributed by atoms with Crippen LogP contribution < -0.4 is 0 Å². The minimum Gasteiger partial charge on any atom is -0.361 e. The smallest absolute Gasteiger partial charge is 0.137 e. The maximum absolute atomic E-state index is 5.55. The predicted octanol–water partition coefficient (Wildman–Crippen LogP) is 4.71. The molecule has 0 aromatic carbocycles. The van der Waals surface area contributed by atoms with E-state index in [1.807, 2.05) is 19.3 Å². The molecule has 1 aliphatic rings. The van der Waals surface area contributed by atoms with Gasteiger partial charge in [-0.1, -0.05) is 18.5 Å². The Morgan fingerprint density at radius 2 is 2.00 bits per heavy atom. The van der Waals surface area contributed by atoms with E-state index in [0.29, 0.717) is 12.0 Å². The van der Waals surface area contributed by atoms with E-state index in [9.17, 15) is 0 Å². The van der Waals surface area contributed by atoms with Gasteiger partial charge in [-0.3, -0.25) is 14.6 Å². The van der Waals surface area contributed by atoms with E-state index < -0.39 is 0 Å². The Bertz CT molecular complexity index is 932. The van der Waals surface area contributed by atoms with Gasteiger partial charge in [0, 0.05) is 61.8 Å². The molecule has 0 N–H and O–H groups in total. The van der Waals surface area contributed by atoms with E-state index >= 15 is 0 Å². The van der Waals surface area contributed by atoms with Crippen molar-refractivity contribution >= 4 is 0 Å². The fourth-order valence-corrected chi connectivity index (χ4v) is 4.82. The molecule has 0 aliphatic heterocycles. The van der Waals surface area contributed by atoms with E-state index in [1.165, 1.54) is 36.1 Å². The van der Waals surface area contributed by atoms with Gasteiger partial charge in [0.1, 0.15) is 5.76 Å². The first kappa shape index (κ1) is 20.8. The molecule has 160 valence electrons. The van der Waals surface area contributed by atoms with Crippen molar-refractivity contribution in [1.29, 1.82) is 0 Å². The lowest BCUT2D eigenvalue weighted by Crippen LogP contribution is -2.37. The van der Waals surface area contributed by atoms with Gasteiger partial charge < -0.3 is 4.52 Å². The fraction of sp³-hybridized carbons (Fsp3) is 0.542. The Hall–Kier alpha value is -2.47. The van der Waals surface area contributed by atoms with Crippen LogP contribution in [-0.4, -0.2) is 30.9 Å². The summed E-state index contributed by atoms with van der Waals surface area (Å²) in [5, 5.41) is 8.73. The third-order valence-corrected chi connectivity index (χ3v) is 6.38. The predicted molar refractivity (Wildman–Crippen MR) is 117 cm³/mol. The maximum atomic E-state index is 5.55. The second kappa shape index (κ2) is 9.56. The summed E-state index contributed by atoms with van der Waals surface area (Å²) in [4.78, 5) is 6.84. The highest BCUT2D eigenvalue weighted by atomic mass is 16.5. The zero-order valence-corrected chi connectivity index (χ0v) is 18.4. The Labute approximate surface area is 179 Å². The van der Waals surface area contributed by atoms with Gasteiger partial charge in [-0.2, -0.15) is 5.10 Å². The molecule has 1 fully saturated rings. The van der Waals surface area contributed by atoms with Crippen molar-refractivity contribution in [2.75, 3.05) is 0 Å². The summed E-state index contributed by atoms with van der Waals surface area (Å²) in [6.45, 7) is 9.22. The standard InChI is InChI=1S/C24H33N5O/c1-4-12-29-19(3)22(15-26-29)17-28(16-20-8-10-25-11-9-20)24-7-5-6-21(24)14-23-13-18(2)27-30-23/h8-11,13,15,21,24H,4-7,12,14,16-17H2,1-3H3/t21-,24+/m0/s1. The zero-order chi connectivity index (χ0) is 20.9. The number of aromatic nitrogens is 4. The molecule has 0 unspecified atom stereocenters. The summed E-state index contributed by atoms with van der Waals surface area (Å²) in [6, 6.07) is 6.87. The van der Waals surface area contributed by atoms with Crippen molar-refractivity contribution < 1.29 is 4.52 Å². The molecule has 3 aromatic rings. The van der Waals surface area contributed by atoms with Crippen molar-refractivity contribution in [3.63, 3.8) is 0 Å². The normalized spacial score (nSPS) is 19.1. The lowest BCUT2D eigenvalue weighted by molar-refractivity contribution is 0.138. The van der Waals surface area contributed by atoms with E-state index in [1.54, 1.807) is 0 Å². The van der Waals surface area contributed by atoms with Gasteiger partial charge in [-0.25, -0.2) is 0 Å². The van der Waals surface area contributed by atoms with Gasteiger partial charge in [0.15, 0.2) is 0 Å². The monoisotopic (exact) mass is 407 g/mol. The second-order valence-electron chi connectivity index (χ2n) is 8.64. The fourth-order valence-electron chi connectivity index (χ4n) is 4.82. The van der Waals surface area contributed by atoms with Crippen molar-refractivity contribution in [2.45, 2.75) is 78.6 Å². The highest BCUT2D eigenvalue weighted by molar-refractivity contribution is 5.18. The number of pyridine rings is 1. The minimum absolute atomic E-state index is 0.525. The largest absolute Gasteiger partial charge is 0.361 e. The van der Waals surface area contributed by atoms with Crippen molar-refractivity contribution in [1.82, 2.24) is 24.8 Å². The van der Waals surface area contributed by atoms with Gasteiger partial charge in [-0.05, 0) is 56.7 Å². The Kier molecular flexibility index (Phi) is 6.62. The van der Waals surface area contributed by atoms with Crippen LogP contribution in [0.2, 0.25) is 0 Å². The van der Waals surface area contributed by atoms with Crippen LogP contribution in [-0.2, 0) is 26.1 Å². The molecule has 2 atom stereocenters. The molecule has 1 saturated carbocycles. The third kappa shape index (κ3) is 4.81. The molecular formula is C24H33N5O. The third-order valence-electron chi connectivity index (χ3n) is 6.38. The Morgan fingerprint density at radius 3 is 2.73 bits per heavy atom. The molecule has 0 saturated heterocycles. The number of nitrogens with zero attached hydrogens (tertiary/aromatic N) is 5. The molecule has 3 aromatic heterocycles. The second-order valence-corrected chi connectivity index (χ2v) is 8.64. The lowest BCUT2D eigenvalue weighted by Gasteiger charge is -2.33. The van der Waals surface area contributed by atoms with Crippen molar-refractivity contribution in [3.05, 3.63) is 65.1 Å². The molecular weight excluding hydrogens is 374 g/mol. The van der Waals surface area contributed by atoms with Gasteiger partial charge >= 0.3 is 0 Å². The topological polar surface area (TPSA) is 60.0 Å². The highest BCUT2D eigenvalue weighted by Crippen LogP contribution is 2.34. The van der Waals surface area contributed by atoms with Crippen molar-refractivity contribution in [3.8, 4) is 0 Å². The van der Waals surface area contributed by atoms with Gasteiger partial charge in [-0.15, -0.1) is 0 Å². The summed E-state index contributed by atoms with van der Waals surface area (Å²) >= 11 is 0. The quantitative estimate of drug-likeness (QED) is 0.514. The van der Waals surface area contributed by atoms with E-state index in [0.717, 1.165) is 43.9 Å². The molecule has 0 spiro atoms. The summed E-state index contributed by atoms with van der Waals surface area (Å²) in [7, 11) is 0. The van der Waals surface area contributed by atoms with Crippen LogP contribution in [0.15, 0.2) is 41.3 Å². The van der Waals surface area contributed by atoms with Crippen LogP contribution in [0.25, 0.3) is 0 Å². The number of rotatable bonds is 9. The SMILES string of the molecule is CCCn1ncc(CN(Cc2ccncc2)[C@@H]2CCC[C@H]2Cc2cc(C)no2)c1C. The molecule has 6 nitrogen and oxygen atoms in total. The molecule has 3 heterocycles. The first-order valence-electron chi connectivity index (χ1n) is 11.2. The van der Waals surface area contributed by atoms with Crippen LogP contribution >= 0.6 is 0 Å². The van der Waals surface area contributed by atoms with Crippen LogP contribution in [0.3, 0.4) is 0 Å². The van der Waals surface area contributed by atoms with Crippen LogP contribution in [0.4, 0.5) is 0 Å². The Balaban J connectivity index is 1.56. The minimum atomic E-state index is 0.525. The molecule has 4 rings (SSSR count). The first-order valence-corrected chi connectivity index (χ1v) is 11.2. The van der Waals surface area contributed by atoms with Gasteiger partial charge in [0.05, 0.1) is 11.9 Å². The molecule has 1 aliphatic carbocycles. The summed E-state index contributed by atoms with van der Waals surface area (Å²) in [6.07, 6.45) is 11.6. The average Bonchev–Trinajstić information content (AvgIpc) is 3.46. The first-order chi connectivity index (χ1) is 14.6. The van der Waals surface area contributed by atoms with E-state index in [4.69, 9.17) is 4.52 Å². The Morgan fingerprint density at radius 1 is 1.17 bits per heavy atom. The molecule has 6 heteroatoms. The highest BCUT2D eigenvalue weighted by Gasteiger charge is 2.33. The van der Waals surface area contributed by atoms with E-state index in [2.05, 4.69) is 63.1 Å². The number of hydrogen-bond donors (Lipinski definition) is 0. The lowest BCUT2D eigenvalue weighted by atomic mass is 9.95.